The van der Waals surface area contributed by atoms with Gasteiger partial charge in [0.1, 0.15) is 18.0 Å². The molecule has 6 nitrogen and oxygen atoms in total. The third-order valence-electron chi connectivity index (χ3n) is 3.05. The third-order valence-corrected chi connectivity index (χ3v) is 3.05. The van der Waals surface area contributed by atoms with E-state index in [9.17, 15) is 14.8 Å². The molecular formula is C12H10N2O4. The average molecular weight is 246 g/mol. The van der Waals surface area contributed by atoms with Crippen LogP contribution in [0, 0.1) is 0 Å². The van der Waals surface area contributed by atoms with Gasteiger partial charge in [0.25, 0.3) is 5.91 Å². The molecule has 0 spiro atoms. The number of carbonyl (C=O) groups is 2. The fraction of sp³-hybridized carbons (Fsp3) is 0.167. The van der Waals surface area contributed by atoms with Crippen LogP contribution in [0.25, 0.3) is 10.9 Å². The van der Waals surface area contributed by atoms with Gasteiger partial charge in [-0.2, -0.15) is 0 Å². The second-order valence-electron chi connectivity index (χ2n) is 4.05. The first-order chi connectivity index (χ1) is 8.61. The first-order valence-electron chi connectivity index (χ1n) is 5.35. The summed E-state index contributed by atoms with van der Waals surface area (Å²) in [4.78, 5) is 23.2. The highest BCUT2D eigenvalue weighted by Crippen LogP contribution is 2.27. The van der Waals surface area contributed by atoms with Gasteiger partial charge in [0.15, 0.2) is 0 Å². The highest BCUT2D eigenvalue weighted by atomic mass is 16.5. The van der Waals surface area contributed by atoms with E-state index in [1.165, 1.54) is 0 Å². The number of carbonyl (C=O) groups excluding carboxylic acids is 2. The van der Waals surface area contributed by atoms with Crippen LogP contribution in [0.4, 0.5) is 0 Å². The van der Waals surface area contributed by atoms with E-state index in [2.05, 4.69) is 0 Å². The molecule has 2 amide bonds. The smallest absolute Gasteiger partial charge is 0.301 e. The predicted molar refractivity (Wildman–Crippen MR) is 61.5 cm³/mol. The second kappa shape index (κ2) is 3.58. The van der Waals surface area contributed by atoms with E-state index >= 15 is 0 Å². The molecule has 0 radical (unpaired) electrons. The van der Waals surface area contributed by atoms with Crippen molar-refractivity contribution in [3.8, 4) is 5.75 Å². The Morgan fingerprint density at radius 3 is 2.78 bits per heavy atom. The number of amides is 2. The van der Waals surface area contributed by atoms with E-state index in [4.69, 9.17) is 4.74 Å². The van der Waals surface area contributed by atoms with E-state index < -0.39 is 11.8 Å². The number of hydrogen-bond donors (Lipinski definition) is 1. The van der Waals surface area contributed by atoms with Gasteiger partial charge in [0.2, 0.25) is 0 Å². The van der Waals surface area contributed by atoms with Crippen molar-refractivity contribution in [3.05, 3.63) is 30.0 Å². The van der Waals surface area contributed by atoms with Crippen LogP contribution in [0.5, 0.6) is 5.75 Å². The van der Waals surface area contributed by atoms with Gasteiger partial charge in [0, 0.05) is 10.9 Å². The van der Waals surface area contributed by atoms with Gasteiger partial charge in [0.05, 0.1) is 7.11 Å². The van der Waals surface area contributed by atoms with Crippen LogP contribution in [0.3, 0.4) is 0 Å². The lowest BCUT2D eigenvalue weighted by Crippen LogP contribution is -2.42. The molecule has 0 bridgehead atoms. The SMILES string of the molecule is COc1ccc2c(c1)cc1n2CC(=O)N(O)C1=O. The lowest BCUT2D eigenvalue weighted by Gasteiger charge is -2.20. The highest BCUT2D eigenvalue weighted by molar-refractivity contribution is 6.08. The highest BCUT2D eigenvalue weighted by Gasteiger charge is 2.31. The molecule has 1 aliphatic rings. The van der Waals surface area contributed by atoms with Gasteiger partial charge in [-0.15, -0.1) is 5.06 Å². The van der Waals surface area contributed by atoms with Gasteiger partial charge in [-0.05, 0) is 24.3 Å². The maximum absolute atomic E-state index is 11.8. The van der Waals surface area contributed by atoms with Gasteiger partial charge >= 0.3 is 5.91 Å². The van der Waals surface area contributed by atoms with Crippen molar-refractivity contribution >= 4 is 22.7 Å². The fourth-order valence-corrected chi connectivity index (χ4v) is 2.15. The van der Waals surface area contributed by atoms with Gasteiger partial charge in [-0.25, -0.2) is 0 Å². The second-order valence-corrected chi connectivity index (χ2v) is 4.05. The van der Waals surface area contributed by atoms with Crippen molar-refractivity contribution in [1.29, 1.82) is 0 Å². The first-order valence-corrected chi connectivity index (χ1v) is 5.35. The van der Waals surface area contributed by atoms with Crippen molar-refractivity contribution in [3.63, 3.8) is 0 Å². The minimum absolute atomic E-state index is 0.0482. The molecule has 2 heterocycles. The first kappa shape index (κ1) is 10.8. The van der Waals surface area contributed by atoms with Crippen LogP contribution < -0.4 is 4.74 Å². The number of ether oxygens (including phenoxy) is 1. The molecule has 1 aliphatic heterocycles. The lowest BCUT2D eigenvalue weighted by atomic mass is 10.2. The standard InChI is InChI=1S/C12H10N2O4/c1-18-8-2-3-9-7(4-8)5-10-12(16)14(17)11(15)6-13(9)10/h2-5,17H,6H2,1H3. The van der Waals surface area contributed by atoms with Gasteiger partial charge in [-0.3, -0.25) is 14.8 Å². The molecule has 2 aromatic rings. The Labute approximate surface area is 102 Å². The largest absolute Gasteiger partial charge is 0.497 e. The number of rotatable bonds is 1. The maximum atomic E-state index is 11.8. The van der Waals surface area contributed by atoms with E-state index in [0.717, 1.165) is 10.9 Å². The molecule has 3 rings (SSSR count). The van der Waals surface area contributed by atoms with Crippen LogP contribution in [0.15, 0.2) is 24.3 Å². The van der Waals surface area contributed by atoms with Gasteiger partial charge in [-0.1, -0.05) is 0 Å². The number of methoxy groups -OCH3 is 1. The van der Waals surface area contributed by atoms with Crippen LogP contribution in [-0.2, 0) is 11.3 Å². The molecule has 92 valence electrons. The number of nitrogens with zero attached hydrogens (tertiary/aromatic N) is 2. The van der Waals surface area contributed by atoms with E-state index in [0.29, 0.717) is 11.4 Å². The van der Waals surface area contributed by atoms with Crippen LogP contribution in [0.2, 0.25) is 0 Å². The molecule has 0 unspecified atom stereocenters. The number of aromatic nitrogens is 1. The normalized spacial score (nSPS) is 15.1. The monoisotopic (exact) mass is 246 g/mol. The minimum atomic E-state index is -0.707. The summed E-state index contributed by atoms with van der Waals surface area (Å²) in [5.41, 5.74) is 1.06. The molecule has 1 aromatic heterocycles. The average Bonchev–Trinajstić information content (AvgIpc) is 2.74. The summed E-state index contributed by atoms with van der Waals surface area (Å²) in [6.07, 6.45) is 0. The summed E-state index contributed by atoms with van der Waals surface area (Å²) in [6.45, 7) is -0.0482. The van der Waals surface area contributed by atoms with Crippen molar-refractivity contribution in [2.24, 2.45) is 0 Å². The van der Waals surface area contributed by atoms with Crippen molar-refractivity contribution in [2.45, 2.75) is 6.54 Å². The topological polar surface area (TPSA) is 71.8 Å². The third kappa shape index (κ3) is 1.32. The summed E-state index contributed by atoms with van der Waals surface area (Å²) < 4.78 is 6.69. The van der Waals surface area contributed by atoms with E-state index in [1.807, 2.05) is 0 Å². The van der Waals surface area contributed by atoms with E-state index in [-0.39, 0.29) is 11.6 Å². The number of hydrogen-bond acceptors (Lipinski definition) is 4. The Kier molecular flexibility index (Phi) is 2.14. The molecule has 1 aromatic carbocycles. The van der Waals surface area contributed by atoms with Crippen LogP contribution >= 0.6 is 0 Å². The molecule has 0 saturated carbocycles. The fourth-order valence-electron chi connectivity index (χ4n) is 2.15. The number of fused-ring (bicyclic) bond motifs is 3. The Balaban J connectivity index is 2.26. The summed E-state index contributed by atoms with van der Waals surface area (Å²) in [5, 5.41) is 10.3. The zero-order chi connectivity index (χ0) is 12.9. The Bertz CT molecular complexity index is 674. The van der Waals surface area contributed by atoms with Gasteiger partial charge < -0.3 is 9.30 Å². The molecule has 18 heavy (non-hydrogen) atoms. The minimum Gasteiger partial charge on any atom is -0.497 e. The zero-order valence-corrected chi connectivity index (χ0v) is 9.58. The number of benzene rings is 1. The van der Waals surface area contributed by atoms with Crippen LogP contribution in [-0.4, -0.2) is 33.8 Å². The Morgan fingerprint density at radius 2 is 2.06 bits per heavy atom. The Morgan fingerprint density at radius 1 is 1.28 bits per heavy atom. The Hall–Kier alpha value is -2.34. The van der Waals surface area contributed by atoms with Crippen molar-refractivity contribution < 1.29 is 19.5 Å². The molecule has 6 heteroatoms. The zero-order valence-electron chi connectivity index (χ0n) is 9.58. The summed E-state index contributed by atoms with van der Waals surface area (Å²) in [7, 11) is 1.56. The van der Waals surface area contributed by atoms with Crippen molar-refractivity contribution in [2.75, 3.05) is 7.11 Å². The molecule has 0 fully saturated rings. The predicted octanol–water partition coefficient (Wildman–Crippen LogP) is 1.02. The maximum Gasteiger partial charge on any atom is 0.301 e. The number of hydroxylamine groups is 2. The molecule has 1 N–H and O–H groups in total. The molecule has 0 atom stereocenters. The molecular weight excluding hydrogens is 236 g/mol. The summed E-state index contributed by atoms with van der Waals surface area (Å²) in [6, 6.07) is 6.96. The lowest BCUT2D eigenvalue weighted by molar-refractivity contribution is -0.156. The summed E-state index contributed by atoms with van der Waals surface area (Å²) >= 11 is 0. The van der Waals surface area contributed by atoms with E-state index in [1.54, 1.807) is 35.9 Å². The summed E-state index contributed by atoms with van der Waals surface area (Å²) in [5.74, 6) is -0.674. The van der Waals surface area contributed by atoms with Crippen molar-refractivity contribution in [1.82, 2.24) is 9.63 Å². The molecule has 0 saturated heterocycles. The molecule has 0 aliphatic carbocycles. The number of imide groups is 1. The van der Waals surface area contributed by atoms with Crippen LogP contribution in [0.1, 0.15) is 10.5 Å². The quantitative estimate of drug-likeness (QED) is 0.602.